The normalized spacial score (nSPS) is 10.5. The van der Waals surface area contributed by atoms with Crippen LogP contribution in [0.5, 0.6) is 5.75 Å². The van der Waals surface area contributed by atoms with Crippen LogP contribution in [0.15, 0.2) is 12.1 Å². The number of amides is 1. The van der Waals surface area contributed by atoms with Gasteiger partial charge in [0.05, 0.1) is 24.5 Å². The molecule has 0 heterocycles. The monoisotopic (exact) mass is 307 g/mol. The zero-order chi connectivity index (χ0) is 15.8. The van der Waals surface area contributed by atoms with Crippen LogP contribution < -0.4 is 21.1 Å². The van der Waals surface area contributed by atoms with E-state index in [0.717, 1.165) is 12.1 Å². The maximum atomic E-state index is 13.3. The Morgan fingerprint density at radius 3 is 2.76 bits per heavy atom. The molecule has 0 fully saturated rings. The van der Waals surface area contributed by atoms with Gasteiger partial charge in [0.1, 0.15) is 0 Å². The second-order valence-electron chi connectivity index (χ2n) is 3.94. The largest absolute Gasteiger partial charge is 0.432 e. The van der Waals surface area contributed by atoms with Crippen molar-refractivity contribution in [1.29, 1.82) is 0 Å². The van der Waals surface area contributed by atoms with Gasteiger partial charge in [-0.25, -0.2) is 4.39 Å². The van der Waals surface area contributed by atoms with E-state index >= 15 is 0 Å². The summed E-state index contributed by atoms with van der Waals surface area (Å²) in [6, 6.07) is 1.81. The average molecular weight is 307 g/mol. The third-order valence-electron chi connectivity index (χ3n) is 2.39. The zero-order valence-electron chi connectivity index (χ0n) is 11.3. The van der Waals surface area contributed by atoms with E-state index in [1.165, 1.54) is 7.11 Å². The molecule has 1 rings (SSSR count). The molecule has 0 bridgehead atoms. The van der Waals surface area contributed by atoms with Crippen LogP contribution >= 0.6 is 0 Å². The summed E-state index contributed by atoms with van der Waals surface area (Å²) in [5, 5.41) is 5.15. The summed E-state index contributed by atoms with van der Waals surface area (Å²) < 4.78 is 46.3. The number of nitrogens with two attached hydrogens (primary N) is 1. The molecule has 0 unspecified atom stereocenters. The first-order chi connectivity index (χ1) is 9.93. The van der Waals surface area contributed by atoms with E-state index in [2.05, 4.69) is 15.4 Å². The lowest BCUT2D eigenvalue weighted by Gasteiger charge is -2.13. The molecule has 0 atom stereocenters. The van der Waals surface area contributed by atoms with Crippen LogP contribution in [0.1, 0.15) is 0 Å². The Balaban J connectivity index is 2.63. The quantitative estimate of drug-likeness (QED) is 0.496. The molecular formula is C12H16F3N3O3. The highest BCUT2D eigenvalue weighted by atomic mass is 19.3. The molecule has 0 aliphatic heterocycles. The number of hydrogen-bond acceptors (Lipinski definition) is 5. The minimum Gasteiger partial charge on any atom is -0.432 e. The van der Waals surface area contributed by atoms with Gasteiger partial charge in [0.2, 0.25) is 5.91 Å². The van der Waals surface area contributed by atoms with Crippen molar-refractivity contribution in [1.82, 2.24) is 5.32 Å². The fraction of sp³-hybridized carbons (Fsp3) is 0.417. The Hall–Kier alpha value is -2.16. The van der Waals surface area contributed by atoms with E-state index in [1.54, 1.807) is 0 Å². The molecule has 0 aliphatic carbocycles. The summed E-state index contributed by atoms with van der Waals surface area (Å²) in [6.45, 7) is -2.63. The number of carbonyl (C=O) groups is 1. The molecule has 118 valence electrons. The second-order valence-corrected chi connectivity index (χ2v) is 3.94. The van der Waals surface area contributed by atoms with Gasteiger partial charge in [-0.1, -0.05) is 0 Å². The summed E-state index contributed by atoms with van der Waals surface area (Å²) in [5.41, 5.74) is 5.62. The van der Waals surface area contributed by atoms with E-state index in [0.29, 0.717) is 13.2 Å². The van der Waals surface area contributed by atoms with E-state index in [-0.39, 0.29) is 23.8 Å². The molecule has 6 nitrogen and oxygen atoms in total. The SMILES string of the molecule is COCCNC(=O)CNc1cc(OC(F)F)c(F)cc1N. The van der Waals surface area contributed by atoms with E-state index in [1.807, 2.05) is 0 Å². The van der Waals surface area contributed by atoms with Gasteiger partial charge in [-0.2, -0.15) is 8.78 Å². The van der Waals surface area contributed by atoms with Crippen molar-refractivity contribution in [3.05, 3.63) is 17.9 Å². The summed E-state index contributed by atoms with van der Waals surface area (Å²) in [7, 11) is 1.49. The van der Waals surface area contributed by atoms with Gasteiger partial charge in [-0.05, 0) is 0 Å². The molecule has 1 amide bonds. The third kappa shape index (κ3) is 5.78. The van der Waals surface area contributed by atoms with Crippen molar-refractivity contribution < 1.29 is 27.4 Å². The smallest absolute Gasteiger partial charge is 0.387 e. The number of nitrogen functional groups attached to an aromatic ring is 1. The topological polar surface area (TPSA) is 85.6 Å². The second kappa shape index (κ2) is 8.20. The maximum Gasteiger partial charge on any atom is 0.387 e. The average Bonchev–Trinajstić information content (AvgIpc) is 2.40. The number of anilines is 2. The summed E-state index contributed by atoms with van der Waals surface area (Å²) in [5.74, 6) is -2.02. The molecule has 9 heteroatoms. The summed E-state index contributed by atoms with van der Waals surface area (Å²) in [6.07, 6.45) is 0. The van der Waals surface area contributed by atoms with Crippen LogP contribution in [-0.2, 0) is 9.53 Å². The van der Waals surface area contributed by atoms with Gasteiger partial charge in [-0.15, -0.1) is 0 Å². The van der Waals surface area contributed by atoms with Crippen LogP contribution in [0.4, 0.5) is 24.5 Å². The molecule has 0 saturated carbocycles. The maximum absolute atomic E-state index is 13.3. The molecule has 4 N–H and O–H groups in total. The first-order valence-electron chi connectivity index (χ1n) is 5.97. The van der Waals surface area contributed by atoms with Crippen LogP contribution in [0.2, 0.25) is 0 Å². The van der Waals surface area contributed by atoms with Crippen molar-refractivity contribution in [2.45, 2.75) is 6.61 Å². The Bertz CT molecular complexity index is 486. The fourth-order valence-electron chi connectivity index (χ4n) is 1.44. The first kappa shape index (κ1) is 16.9. The van der Waals surface area contributed by atoms with E-state index in [4.69, 9.17) is 10.5 Å². The van der Waals surface area contributed by atoms with Gasteiger partial charge in [0.15, 0.2) is 11.6 Å². The minimum atomic E-state index is -3.16. The highest BCUT2D eigenvalue weighted by Crippen LogP contribution is 2.29. The first-order valence-corrected chi connectivity index (χ1v) is 5.97. The fourth-order valence-corrected chi connectivity index (χ4v) is 1.44. The van der Waals surface area contributed by atoms with E-state index < -0.39 is 18.2 Å². The number of hydrogen-bond donors (Lipinski definition) is 3. The molecule has 0 radical (unpaired) electrons. The Morgan fingerprint density at radius 1 is 1.43 bits per heavy atom. The Labute approximate surface area is 119 Å². The predicted molar refractivity (Wildman–Crippen MR) is 70.8 cm³/mol. The third-order valence-corrected chi connectivity index (χ3v) is 2.39. The van der Waals surface area contributed by atoms with Crippen molar-refractivity contribution in [2.24, 2.45) is 0 Å². The van der Waals surface area contributed by atoms with Gasteiger partial charge in [0, 0.05) is 25.8 Å². The minimum absolute atomic E-state index is 0.0289. The number of methoxy groups -OCH3 is 1. The van der Waals surface area contributed by atoms with Gasteiger partial charge >= 0.3 is 6.61 Å². The van der Waals surface area contributed by atoms with Crippen molar-refractivity contribution >= 4 is 17.3 Å². The van der Waals surface area contributed by atoms with Gasteiger partial charge in [-0.3, -0.25) is 4.79 Å². The molecule has 0 saturated heterocycles. The number of benzene rings is 1. The molecule has 0 spiro atoms. The lowest BCUT2D eigenvalue weighted by molar-refractivity contribution is -0.119. The number of nitrogens with one attached hydrogen (secondary N) is 2. The van der Waals surface area contributed by atoms with Crippen LogP contribution in [0.25, 0.3) is 0 Å². The Morgan fingerprint density at radius 2 is 2.14 bits per heavy atom. The van der Waals surface area contributed by atoms with Crippen molar-refractivity contribution in [3.63, 3.8) is 0 Å². The molecule has 1 aromatic carbocycles. The molecule has 0 aliphatic rings. The lowest BCUT2D eigenvalue weighted by atomic mass is 10.2. The van der Waals surface area contributed by atoms with Crippen LogP contribution in [0.3, 0.4) is 0 Å². The van der Waals surface area contributed by atoms with Crippen molar-refractivity contribution in [2.75, 3.05) is 37.9 Å². The van der Waals surface area contributed by atoms with Crippen LogP contribution in [-0.4, -0.2) is 39.3 Å². The molecular weight excluding hydrogens is 291 g/mol. The molecule has 1 aromatic rings. The zero-order valence-corrected chi connectivity index (χ0v) is 11.3. The number of rotatable bonds is 8. The number of halogens is 3. The molecule has 21 heavy (non-hydrogen) atoms. The van der Waals surface area contributed by atoms with Gasteiger partial charge in [0.25, 0.3) is 0 Å². The summed E-state index contributed by atoms with van der Waals surface area (Å²) in [4.78, 5) is 11.4. The highest BCUT2D eigenvalue weighted by Gasteiger charge is 2.13. The standard InChI is InChI=1S/C12H16F3N3O3/c1-20-3-2-17-11(19)6-18-9-5-10(21-12(14)15)7(13)4-8(9)16/h4-5,12,18H,2-3,6,16H2,1H3,(H,17,19). The predicted octanol–water partition coefficient (Wildman–Crippen LogP) is 1.18. The van der Waals surface area contributed by atoms with Gasteiger partial charge < -0.3 is 25.8 Å². The lowest BCUT2D eigenvalue weighted by Crippen LogP contribution is -2.32. The Kier molecular flexibility index (Phi) is 6.60. The van der Waals surface area contributed by atoms with Crippen molar-refractivity contribution in [3.8, 4) is 5.75 Å². The van der Waals surface area contributed by atoms with E-state index in [9.17, 15) is 18.0 Å². The summed E-state index contributed by atoms with van der Waals surface area (Å²) >= 11 is 0. The number of ether oxygens (including phenoxy) is 2. The molecule has 0 aromatic heterocycles. The highest BCUT2D eigenvalue weighted by molar-refractivity contribution is 5.82. The number of carbonyl (C=O) groups excluding carboxylic acids is 1. The number of alkyl halides is 2. The van der Waals surface area contributed by atoms with Crippen LogP contribution in [0, 0.1) is 5.82 Å².